The molecule has 1 aromatic carbocycles. The van der Waals surface area contributed by atoms with Gasteiger partial charge in [0.05, 0.1) is 18.6 Å². The number of carbonyl (C=O) groups is 2. The Hall–Kier alpha value is -1.46. The molecule has 0 aromatic heterocycles. The molecule has 0 radical (unpaired) electrons. The number of benzene rings is 1. The predicted molar refractivity (Wildman–Crippen MR) is 71.6 cm³/mol. The molecule has 0 aliphatic heterocycles. The smallest absolute Gasteiger partial charge is 0.307 e. The molecule has 19 heavy (non-hydrogen) atoms. The van der Waals surface area contributed by atoms with Crippen LogP contribution in [0.1, 0.15) is 6.42 Å². The van der Waals surface area contributed by atoms with Crippen molar-refractivity contribution >= 4 is 35.1 Å². The molecule has 1 rings (SSSR count). The SMILES string of the molecule is COC(=O)CCNC(=O)COc1cc(Cl)ccc1Cl. The number of halogens is 2. The molecule has 1 aromatic rings. The summed E-state index contributed by atoms with van der Waals surface area (Å²) in [6.45, 7) is -0.0145. The van der Waals surface area contributed by atoms with Gasteiger partial charge in [0.25, 0.3) is 5.91 Å². The number of rotatable bonds is 6. The topological polar surface area (TPSA) is 64.6 Å². The van der Waals surface area contributed by atoms with Gasteiger partial charge >= 0.3 is 5.97 Å². The van der Waals surface area contributed by atoms with Gasteiger partial charge in [0.15, 0.2) is 6.61 Å². The van der Waals surface area contributed by atoms with E-state index in [-0.39, 0.29) is 31.4 Å². The van der Waals surface area contributed by atoms with E-state index in [1.807, 2.05) is 0 Å². The van der Waals surface area contributed by atoms with Gasteiger partial charge in [-0.25, -0.2) is 0 Å². The highest BCUT2D eigenvalue weighted by molar-refractivity contribution is 6.34. The van der Waals surface area contributed by atoms with E-state index < -0.39 is 0 Å². The summed E-state index contributed by atoms with van der Waals surface area (Å²) in [6, 6.07) is 4.72. The summed E-state index contributed by atoms with van der Waals surface area (Å²) in [4.78, 5) is 22.2. The third kappa shape index (κ3) is 5.81. The molecule has 0 heterocycles. The lowest BCUT2D eigenvalue weighted by Gasteiger charge is -2.08. The van der Waals surface area contributed by atoms with Crippen molar-refractivity contribution in [2.75, 3.05) is 20.3 Å². The van der Waals surface area contributed by atoms with Crippen molar-refractivity contribution in [1.82, 2.24) is 5.32 Å². The van der Waals surface area contributed by atoms with Gasteiger partial charge in [-0.2, -0.15) is 0 Å². The predicted octanol–water partition coefficient (Wildman–Crippen LogP) is 2.05. The van der Waals surface area contributed by atoms with E-state index in [0.29, 0.717) is 15.8 Å². The van der Waals surface area contributed by atoms with Gasteiger partial charge in [0.2, 0.25) is 0 Å². The minimum Gasteiger partial charge on any atom is -0.482 e. The maximum atomic E-state index is 11.4. The molecule has 1 amide bonds. The summed E-state index contributed by atoms with van der Waals surface area (Å²) in [6.07, 6.45) is 0.111. The van der Waals surface area contributed by atoms with Crippen molar-refractivity contribution in [3.8, 4) is 5.75 Å². The summed E-state index contributed by atoms with van der Waals surface area (Å²) >= 11 is 11.6. The Morgan fingerprint density at radius 2 is 2.05 bits per heavy atom. The lowest BCUT2D eigenvalue weighted by molar-refractivity contribution is -0.140. The highest BCUT2D eigenvalue weighted by atomic mass is 35.5. The Kier molecular flexibility index (Phi) is 6.45. The lowest BCUT2D eigenvalue weighted by atomic mass is 10.3. The molecule has 0 fully saturated rings. The molecular formula is C12H13Cl2NO4. The lowest BCUT2D eigenvalue weighted by Crippen LogP contribution is -2.30. The fourth-order valence-electron chi connectivity index (χ4n) is 1.19. The zero-order chi connectivity index (χ0) is 14.3. The van der Waals surface area contributed by atoms with Crippen LogP contribution < -0.4 is 10.1 Å². The second-order valence-electron chi connectivity index (χ2n) is 3.54. The molecular weight excluding hydrogens is 293 g/mol. The molecule has 0 saturated carbocycles. The standard InChI is InChI=1S/C12H13Cl2NO4/c1-18-12(17)4-5-15-11(16)7-19-10-6-8(13)2-3-9(10)14/h2-3,6H,4-5,7H2,1H3,(H,15,16). The van der Waals surface area contributed by atoms with E-state index in [0.717, 1.165) is 0 Å². The van der Waals surface area contributed by atoms with Crippen LogP contribution in [0.3, 0.4) is 0 Å². The van der Waals surface area contributed by atoms with Gasteiger partial charge in [-0.15, -0.1) is 0 Å². The third-order valence-electron chi connectivity index (χ3n) is 2.13. The number of nitrogens with one attached hydrogen (secondary N) is 1. The quantitative estimate of drug-likeness (QED) is 0.817. The van der Waals surface area contributed by atoms with Gasteiger partial charge in [-0.05, 0) is 12.1 Å². The van der Waals surface area contributed by atoms with Crippen LogP contribution in [0.5, 0.6) is 5.75 Å². The van der Waals surface area contributed by atoms with Gasteiger partial charge in [0, 0.05) is 17.6 Å². The van der Waals surface area contributed by atoms with Crippen LogP contribution in [-0.2, 0) is 14.3 Å². The van der Waals surface area contributed by atoms with Crippen molar-refractivity contribution in [2.24, 2.45) is 0 Å². The van der Waals surface area contributed by atoms with Gasteiger partial charge in [0.1, 0.15) is 5.75 Å². The van der Waals surface area contributed by atoms with E-state index in [9.17, 15) is 9.59 Å². The van der Waals surface area contributed by atoms with Crippen LogP contribution >= 0.6 is 23.2 Å². The van der Waals surface area contributed by atoms with Crippen LogP contribution in [0.2, 0.25) is 10.0 Å². The van der Waals surface area contributed by atoms with E-state index in [2.05, 4.69) is 10.1 Å². The first kappa shape index (κ1) is 15.6. The summed E-state index contributed by atoms with van der Waals surface area (Å²) in [7, 11) is 1.29. The fourth-order valence-corrected chi connectivity index (χ4v) is 1.52. The van der Waals surface area contributed by atoms with Crippen LogP contribution in [0.15, 0.2) is 18.2 Å². The Morgan fingerprint density at radius 1 is 1.32 bits per heavy atom. The van der Waals surface area contributed by atoms with Crippen molar-refractivity contribution in [3.05, 3.63) is 28.2 Å². The first-order valence-corrected chi connectivity index (χ1v) is 6.20. The van der Waals surface area contributed by atoms with Gasteiger partial charge in [-0.1, -0.05) is 23.2 Å². The van der Waals surface area contributed by atoms with Gasteiger partial charge < -0.3 is 14.8 Å². The summed E-state index contributed by atoms with van der Waals surface area (Å²) in [5, 5.41) is 3.34. The molecule has 5 nitrogen and oxygen atoms in total. The normalized spacial score (nSPS) is 9.84. The molecule has 0 spiro atoms. The molecule has 104 valence electrons. The van der Waals surface area contributed by atoms with Crippen molar-refractivity contribution in [2.45, 2.75) is 6.42 Å². The summed E-state index contributed by atoms with van der Waals surface area (Å²) in [5.74, 6) is -0.420. The molecule has 0 aliphatic carbocycles. The summed E-state index contributed by atoms with van der Waals surface area (Å²) in [5.41, 5.74) is 0. The average molecular weight is 306 g/mol. The molecule has 0 unspecified atom stereocenters. The largest absolute Gasteiger partial charge is 0.482 e. The Bertz CT molecular complexity index is 465. The van der Waals surface area contributed by atoms with Crippen LogP contribution in [0.4, 0.5) is 0 Å². The first-order valence-electron chi connectivity index (χ1n) is 5.44. The average Bonchev–Trinajstić information content (AvgIpc) is 2.39. The maximum absolute atomic E-state index is 11.4. The second-order valence-corrected chi connectivity index (χ2v) is 4.38. The third-order valence-corrected chi connectivity index (χ3v) is 2.68. The number of hydrogen-bond acceptors (Lipinski definition) is 4. The molecule has 0 bridgehead atoms. The monoisotopic (exact) mass is 305 g/mol. The van der Waals surface area contributed by atoms with Crippen molar-refractivity contribution < 1.29 is 19.1 Å². The number of carbonyl (C=O) groups excluding carboxylic acids is 2. The molecule has 0 atom stereocenters. The number of hydrogen-bond donors (Lipinski definition) is 1. The van der Waals surface area contributed by atoms with Crippen molar-refractivity contribution in [3.63, 3.8) is 0 Å². The van der Waals surface area contributed by atoms with Crippen LogP contribution in [-0.4, -0.2) is 32.1 Å². The van der Waals surface area contributed by atoms with Crippen LogP contribution in [0.25, 0.3) is 0 Å². The fraction of sp³-hybridized carbons (Fsp3) is 0.333. The number of methoxy groups -OCH3 is 1. The second kappa shape index (κ2) is 7.86. The van der Waals surface area contributed by atoms with E-state index >= 15 is 0 Å². The zero-order valence-electron chi connectivity index (χ0n) is 10.2. The maximum Gasteiger partial charge on any atom is 0.307 e. The summed E-state index contributed by atoms with van der Waals surface area (Å²) < 4.78 is 9.66. The zero-order valence-corrected chi connectivity index (χ0v) is 11.8. The Balaban J connectivity index is 2.34. The number of ether oxygens (including phenoxy) is 2. The van der Waals surface area contributed by atoms with E-state index in [1.54, 1.807) is 12.1 Å². The van der Waals surface area contributed by atoms with Gasteiger partial charge in [-0.3, -0.25) is 9.59 Å². The van der Waals surface area contributed by atoms with Crippen molar-refractivity contribution in [1.29, 1.82) is 0 Å². The highest BCUT2D eigenvalue weighted by Crippen LogP contribution is 2.27. The minimum absolute atomic E-state index is 0.111. The minimum atomic E-state index is -0.390. The number of amides is 1. The molecule has 7 heteroatoms. The molecule has 1 N–H and O–H groups in total. The first-order chi connectivity index (χ1) is 9.02. The Labute approximate surface area is 120 Å². The highest BCUT2D eigenvalue weighted by Gasteiger charge is 2.07. The van der Waals surface area contributed by atoms with E-state index in [1.165, 1.54) is 13.2 Å². The van der Waals surface area contributed by atoms with Crippen LogP contribution in [0, 0.1) is 0 Å². The number of esters is 1. The molecule has 0 saturated heterocycles. The van der Waals surface area contributed by atoms with E-state index in [4.69, 9.17) is 27.9 Å². The Morgan fingerprint density at radius 3 is 2.74 bits per heavy atom. The molecule has 0 aliphatic rings.